The highest BCUT2D eigenvalue weighted by atomic mass is 35.5. The molecule has 0 atom stereocenters. The highest BCUT2D eigenvalue weighted by Crippen LogP contribution is 2.30. The van der Waals surface area contributed by atoms with E-state index in [1.54, 1.807) is 0 Å². The number of allylic oxidation sites excluding steroid dienone is 1. The van der Waals surface area contributed by atoms with Crippen molar-refractivity contribution in [1.82, 2.24) is 9.91 Å². The van der Waals surface area contributed by atoms with Crippen LogP contribution in [0.1, 0.15) is 32.8 Å². The average Bonchev–Trinajstić information content (AvgIpc) is 2.88. The first-order valence-electron chi connectivity index (χ1n) is 8.15. The molecule has 0 amide bonds. The Bertz CT molecular complexity index is 664. The fourth-order valence-corrected chi connectivity index (χ4v) is 3.63. The van der Waals surface area contributed by atoms with Crippen LogP contribution in [0, 0.1) is 5.92 Å². The van der Waals surface area contributed by atoms with Gasteiger partial charge in [0.05, 0.1) is 12.3 Å². The summed E-state index contributed by atoms with van der Waals surface area (Å²) in [6, 6.07) is 5.67. The Labute approximate surface area is 148 Å². The van der Waals surface area contributed by atoms with Gasteiger partial charge in [0, 0.05) is 47.4 Å². The van der Waals surface area contributed by atoms with Crippen molar-refractivity contribution in [2.24, 2.45) is 11.0 Å². The molecular formula is C18H23Cl2N3. The average molecular weight is 352 g/mol. The summed E-state index contributed by atoms with van der Waals surface area (Å²) in [5.74, 6) is 0.627. The van der Waals surface area contributed by atoms with Gasteiger partial charge in [-0.25, -0.2) is 0 Å². The summed E-state index contributed by atoms with van der Waals surface area (Å²) < 4.78 is 0. The number of nitrogens with zero attached hydrogens (tertiary/aromatic N) is 3. The predicted molar refractivity (Wildman–Crippen MR) is 98.0 cm³/mol. The number of rotatable bonds is 4. The molecule has 0 aliphatic carbocycles. The van der Waals surface area contributed by atoms with Crippen LogP contribution in [0.3, 0.4) is 0 Å². The molecule has 0 aromatic heterocycles. The van der Waals surface area contributed by atoms with E-state index < -0.39 is 0 Å². The largest absolute Gasteiger partial charge is 0.370 e. The molecule has 0 saturated carbocycles. The molecule has 1 aromatic rings. The lowest BCUT2D eigenvalue weighted by molar-refractivity contribution is 0.289. The van der Waals surface area contributed by atoms with E-state index in [1.807, 2.05) is 18.2 Å². The van der Waals surface area contributed by atoms with Crippen molar-refractivity contribution in [3.05, 3.63) is 45.1 Å². The molecule has 23 heavy (non-hydrogen) atoms. The second-order valence-electron chi connectivity index (χ2n) is 6.76. The third-order valence-corrected chi connectivity index (χ3v) is 5.03. The van der Waals surface area contributed by atoms with Gasteiger partial charge in [-0.3, -0.25) is 5.01 Å². The molecule has 3 nitrogen and oxygen atoms in total. The molecular weight excluding hydrogens is 329 g/mol. The number of benzene rings is 1. The van der Waals surface area contributed by atoms with Crippen molar-refractivity contribution >= 4 is 28.9 Å². The molecule has 2 aliphatic heterocycles. The van der Waals surface area contributed by atoms with Crippen LogP contribution in [0.2, 0.25) is 10.0 Å². The standard InChI is InChI=1S/C18H23Cl2N3/c1-12(2)9-23-11-16-13(3)22(7-6-18(16)21-23)10-14-8-15(19)4-5-17(14)20/h4-5,8,12H,6-7,9-11H2,1-3H3. The Morgan fingerprint density at radius 3 is 2.78 bits per heavy atom. The van der Waals surface area contributed by atoms with Crippen molar-refractivity contribution in [2.75, 3.05) is 19.6 Å². The zero-order chi connectivity index (χ0) is 16.6. The van der Waals surface area contributed by atoms with Crippen LogP contribution in [-0.2, 0) is 6.54 Å². The van der Waals surface area contributed by atoms with Gasteiger partial charge < -0.3 is 4.90 Å². The van der Waals surface area contributed by atoms with E-state index in [9.17, 15) is 0 Å². The Balaban J connectivity index is 1.78. The van der Waals surface area contributed by atoms with Gasteiger partial charge in [-0.05, 0) is 36.6 Å². The van der Waals surface area contributed by atoms with Crippen molar-refractivity contribution in [1.29, 1.82) is 0 Å². The van der Waals surface area contributed by atoms with Crippen LogP contribution in [0.25, 0.3) is 0 Å². The van der Waals surface area contributed by atoms with Crippen molar-refractivity contribution in [3.63, 3.8) is 0 Å². The highest BCUT2D eigenvalue weighted by Gasteiger charge is 2.28. The lowest BCUT2D eigenvalue weighted by atomic mass is 10.0. The summed E-state index contributed by atoms with van der Waals surface area (Å²) in [4.78, 5) is 2.39. The molecule has 0 unspecified atom stereocenters. The molecule has 0 saturated heterocycles. The Morgan fingerprint density at radius 2 is 2.04 bits per heavy atom. The smallest absolute Gasteiger partial charge is 0.0690 e. The fraction of sp³-hybridized carbons (Fsp3) is 0.500. The minimum atomic E-state index is 0.627. The maximum absolute atomic E-state index is 6.32. The summed E-state index contributed by atoms with van der Waals surface area (Å²) in [5.41, 5.74) is 5.04. The number of fused-ring (bicyclic) bond motifs is 1. The molecule has 5 heteroatoms. The fourth-order valence-electron chi connectivity index (χ4n) is 3.26. The van der Waals surface area contributed by atoms with Crippen LogP contribution in [0.5, 0.6) is 0 Å². The van der Waals surface area contributed by atoms with E-state index in [0.29, 0.717) is 5.92 Å². The third kappa shape index (κ3) is 3.67. The number of hydrazone groups is 1. The molecule has 0 fully saturated rings. The molecule has 2 aliphatic rings. The molecule has 2 heterocycles. The first-order chi connectivity index (χ1) is 10.9. The van der Waals surface area contributed by atoms with Crippen LogP contribution in [0.15, 0.2) is 34.6 Å². The summed E-state index contributed by atoms with van der Waals surface area (Å²) in [6.45, 7) is 10.4. The molecule has 0 spiro atoms. The lowest BCUT2D eigenvalue weighted by Gasteiger charge is -2.31. The maximum Gasteiger partial charge on any atom is 0.0690 e. The van der Waals surface area contributed by atoms with E-state index in [1.165, 1.54) is 17.0 Å². The monoisotopic (exact) mass is 351 g/mol. The van der Waals surface area contributed by atoms with E-state index in [0.717, 1.165) is 48.2 Å². The molecule has 3 rings (SSSR count). The highest BCUT2D eigenvalue weighted by molar-refractivity contribution is 6.33. The third-order valence-electron chi connectivity index (χ3n) is 4.43. The van der Waals surface area contributed by atoms with Gasteiger partial charge in [-0.1, -0.05) is 37.0 Å². The SMILES string of the molecule is CC1=C2CN(CC(C)C)N=C2CCN1Cc1cc(Cl)ccc1Cl. The van der Waals surface area contributed by atoms with Gasteiger partial charge in [-0.2, -0.15) is 5.10 Å². The maximum atomic E-state index is 6.32. The minimum absolute atomic E-state index is 0.627. The molecule has 1 aromatic carbocycles. The normalized spacial score (nSPS) is 17.9. The lowest BCUT2D eigenvalue weighted by Crippen LogP contribution is -2.31. The summed E-state index contributed by atoms with van der Waals surface area (Å²) in [6.07, 6.45) is 0.999. The van der Waals surface area contributed by atoms with Gasteiger partial charge in [0.1, 0.15) is 0 Å². The van der Waals surface area contributed by atoms with Gasteiger partial charge in [0.2, 0.25) is 0 Å². The van der Waals surface area contributed by atoms with Crippen LogP contribution in [-0.4, -0.2) is 35.3 Å². The zero-order valence-electron chi connectivity index (χ0n) is 13.9. The summed E-state index contributed by atoms with van der Waals surface area (Å²) in [7, 11) is 0. The van der Waals surface area contributed by atoms with Crippen LogP contribution >= 0.6 is 23.2 Å². The van der Waals surface area contributed by atoms with Crippen LogP contribution in [0.4, 0.5) is 0 Å². The van der Waals surface area contributed by atoms with Gasteiger partial charge in [0.25, 0.3) is 0 Å². The van der Waals surface area contributed by atoms with Gasteiger partial charge in [-0.15, -0.1) is 0 Å². The number of hydrogen-bond donors (Lipinski definition) is 0. The molecule has 0 radical (unpaired) electrons. The Hall–Kier alpha value is -1.19. The van der Waals surface area contributed by atoms with Gasteiger partial charge in [0.15, 0.2) is 0 Å². The van der Waals surface area contributed by atoms with E-state index in [4.69, 9.17) is 28.3 Å². The second kappa shape index (κ2) is 6.74. The topological polar surface area (TPSA) is 18.8 Å². The Morgan fingerprint density at radius 1 is 1.26 bits per heavy atom. The summed E-state index contributed by atoms with van der Waals surface area (Å²) >= 11 is 12.4. The number of halogens is 2. The Kier molecular flexibility index (Phi) is 4.88. The van der Waals surface area contributed by atoms with E-state index in [2.05, 4.69) is 30.7 Å². The molecule has 124 valence electrons. The van der Waals surface area contributed by atoms with E-state index in [-0.39, 0.29) is 0 Å². The van der Waals surface area contributed by atoms with Gasteiger partial charge >= 0.3 is 0 Å². The number of hydrogen-bond acceptors (Lipinski definition) is 3. The van der Waals surface area contributed by atoms with E-state index >= 15 is 0 Å². The minimum Gasteiger partial charge on any atom is -0.370 e. The second-order valence-corrected chi connectivity index (χ2v) is 7.60. The predicted octanol–water partition coefficient (Wildman–Crippen LogP) is 4.80. The first-order valence-corrected chi connectivity index (χ1v) is 8.91. The summed E-state index contributed by atoms with van der Waals surface area (Å²) in [5, 5.41) is 8.51. The zero-order valence-corrected chi connectivity index (χ0v) is 15.5. The van der Waals surface area contributed by atoms with Crippen molar-refractivity contribution in [2.45, 2.75) is 33.7 Å². The first kappa shape index (κ1) is 16.7. The molecule has 0 N–H and O–H groups in total. The quantitative estimate of drug-likeness (QED) is 0.775. The van der Waals surface area contributed by atoms with Crippen molar-refractivity contribution in [3.8, 4) is 0 Å². The molecule has 0 bridgehead atoms. The van der Waals surface area contributed by atoms with Crippen LogP contribution < -0.4 is 0 Å². The van der Waals surface area contributed by atoms with Crippen molar-refractivity contribution < 1.29 is 0 Å².